The highest BCUT2D eigenvalue weighted by Gasteiger charge is 2.37. The van der Waals surface area contributed by atoms with Gasteiger partial charge in [-0.25, -0.2) is 0 Å². The van der Waals surface area contributed by atoms with Crippen LogP contribution >= 0.6 is 11.6 Å². The molecule has 0 spiro atoms. The van der Waals surface area contributed by atoms with Crippen LogP contribution in [0.15, 0.2) is 42.6 Å². The van der Waals surface area contributed by atoms with Crippen LogP contribution < -0.4 is 10.6 Å². The Balaban J connectivity index is 1.68. The molecular formula is C21H23ClN4O2. The molecule has 2 amide bonds. The number of rotatable bonds is 4. The Morgan fingerprint density at radius 2 is 1.96 bits per heavy atom. The normalized spacial score (nSPS) is 20.5. The van der Waals surface area contributed by atoms with Crippen molar-refractivity contribution in [2.24, 2.45) is 5.92 Å². The fourth-order valence-electron chi connectivity index (χ4n) is 3.93. The SMILES string of the molecule is O=C1Nc2cc(Cl)ccc2C(=O)N(CC2CCNCC2)[C@@H]1Cc1ccccn1. The Morgan fingerprint density at radius 1 is 1.14 bits per heavy atom. The number of halogens is 1. The third-order valence-corrected chi connectivity index (χ3v) is 5.69. The van der Waals surface area contributed by atoms with Crippen molar-refractivity contribution in [3.63, 3.8) is 0 Å². The minimum atomic E-state index is -0.608. The summed E-state index contributed by atoms with van der Waals surface area (Å²) in [6.45, 7) is 2.44. The predicted octanol–water partition coefficient (Wildman–Crippen LogP) is 2.74. The van der Waals surface area contributed by atoms with Gasteiger partial charge in [-0.2, -0.15) is 0 Å². The number of hydrogen-bond donors (Lipinski definition) is 2. The fourth-order valence-corrected chi connectivity index (χ4v) is 4.10. The first-order chi connectivity index (χ1) is 13.6. The van der Waals surface area contributed by atoms with Crippen molar-refractivity contribution in [2.45, 2.75) is 25.3 Å². The van der Waals surface area contributed by atoms with Gasteiger partial charge >= 0.3 is 0 Å². The first-order valence-electron chi connectivity index (χ1n) is 9.64. The molecule has 1 fully saturated rings. The molecule has 0 unspecified atom stereocenters. The summed E-state index contributed by atoms with van der Waals surface area (Å²) in [6.07, 6.45) is 4.08. The summed E-state index contributed by atoms with van der Waals surface area (Å²) in [5, 5.41) is 6.74. The van der Waals surface area contributed by atoms with E-state index in [1.54, 1.807) is 29.3 Å². The molecular weight excluding hydrogens is 376 g/mol. The maximum atomic E-state index is 13.4. The molecule has 4 rings (SSSR count). The van der Waals surface area contributed by atoms with Gasteiger partial charge in [0.25, 0.3) is 5.91 Å². The third-order valence-electron chi connectivity index (χ3n) is 5.45. The summed E-state index contributed by atoms with van der Waals surface area (Å²) in [7, 11) is 0. The van der Waals surface area contributed by atoms with Crippen LogP contribution in [-0.2, 0) is 11.2 Å². The van der Waals surface area contributed by atoms with E-state index >= 15 is 0 Å². The number of pyridine rings is 1. The van der Waals surface area contributed by atoms with Gasteiger partial charge in [0.1, 0.15) is 6.04 Å². The number of anilines is 1. The number of benzene rings is 1. The molecule has 0 radical (unpaired) electrons. The molecule has 2 aromatic rings. The number of aromatic nitrogens is 1. The lowest BCUT2D eigenvalue weighted by Crippen LogP contribution is -2.49. The quantitative estimate of drug-likeness (QED) is 0.830. The molecule has 2 N–H and O–H groups in total. The average molecular weight is 399 g/mol. The number of piperidine rings is 1. The topological polar surface area (TPSA) is 74.3 Å². The van der Waals surface area contributed by atoms with E-state index in [9.17, 15) is 9.59 Å². The molecule has 0 bridgehead atoms. The highest BCUT2D eigenvalue weighted by Crippen LogP contribution is 2.29. The first kappa shape index (κ1) is 18.9. The molecule has 7 heteroatoms. The lowest BCUT2D eigenvalue weighted by molar-refractivity contribution is -0.120. The second kappa shape index (κ2) is 8.29. The van der Waals surface area contributed by atoms with E-state index in [-0.39, 0.29) is 11.8 Å². The van der Waals surface area contributed by atoms with Crippen LogP contribution in [0.2, 0.25) is 5.02 Å². The molecule has 1 saturated heterocycles. The van der Waals surface area contributed by atoms with Crippen molar-refractivity contribution in [1.29, 1.82) is 0 Å². The highest BCUT2D eigenvalue weighted by molar-refractivity contribution is 6.31. The van der Waals surface area contributed by atoms with E-state index in [2.05, 4.69) is 15.6 Å². The van der Waals surface area contributed by atoms with Crippen molar-refractivity contribution in [3.05, 3.63) is 58.9 Å². The van der Waals surface area contributed by atoms with Crippen LogP contribution in [0.5, 0.6) is 0 Å². The van der Waals surface area contributed by atoms with Gasteiger partial charge in [0, 0.05) is 29.9 Å². The minimum absolute atomic E-state index is 0.135. The second-order valence-corrected chi connectivity index (χ2v) is 7.81. The van der Waals surface area contributed by atoms with Crippen LogP contribution in [0.25, 0.3) is 0 Å². The van der Waals surface area contributed by atoms with Crippen molar-refractivity contribution >= 4 is 29.1 Å². The van der Waals surface area contributed by atoms with Crippen LogP contribution in [-0.4, -0.2) is 47.4 Å². The maximum Gasteiger partial charge on any atom is 0.256 e. The molecule has 1 aromatic heterocycles. The molecule has 3 heterocycles. The van der Waals surface area contributed by atoms with E-state index in [1.165, 1.54) is 0 Å². The van der Waals surface area contributed by atoms with Gasteiger partial charge in [0.15, 0.2) is 0 Å². The summed E-state index contributed by atoms with van der Waals surface area (Å²) < 4.78 is 0. The van der Waals surface area contributed by atoms with Crippen LogP contribution in [0.4, 0.5) is 5.69 Å². The van der Waals surface area contributed by atoms with E-state index in [4.69, 9.17) is 11.6 Å². The Hall–Kier alpha value is -2.44. The zero-order chi connectivity index (χ0) is 19.5. The van der Waals surface area contributed by atoms with E-state index in [1.807, 2.05) is 18.2 Å². The third kappa shape index (κ3) is 4.03. The smallest absolute Gasteiger partial charge is 0.256 e. The molecule has 2 aliphatic rings. The first-order valence-corrected chi connectivity index (χ1v) is 10.0. The molecule has 1 atom stereocenters. The van der Waals surface area contributed by atoms with Crippen molar-refractivity contribution in [1.82, 2.24) is 15.2 Å². The summed E-state index contributed by atoms with van der Waals surface area (Å²) in [5.74, 6) is 0.0384. The monoisotopic (exact) mass is 398 g/mol. The summed E-state index contributed by atoms with van der Waals surface area (Å²) in [4.78, 5) is 32.6. The standard InChI is InChI=1S/C21H23ClN4O2/c22-15-4-5-17-18(11-15)25-20(27)19(12-16-3-1-2-8-24-16)26(21(17)28)13-14-6-9-23-10-7-14/h1-5,8,11,14,19,23H,6-7,9-10,12-13H2,(H,25,27)/t19-/m1/s1. The van der Waals surface area contributed by atoms with E-state index in [0.29, 0.717) is 35.2 Å². The van der Waals surface area contributed by atoms with Gasteiger partial charge in [-0.1, -0.05) is 17.7 Å². The summed E-state index contributed by atoms with van der Waals surface area (Å²) in [6, 6.07) is 10.0. The molecule has 0 saturated carbocycles. The van der Waals surface area contributed by atoms with Crippen LogP contribution in [0, 0.1) is 5.92 Å². The zero-order valence-electron chi connectivity index (χ0n) is 15.5. The van der Waals surface area contributed by atoms with Crippen LogP contribution in [0.3, 0.4) is 0 Å². The molecule has 146 valence electrons. The van der Waals surface area contributed by atoms with Crippen molar-refractivity contribution in [3.8, 4) is 0 Å². The largest absolute Gasteiger partial charge is 0.326 e. The molecule has 0 aliphatic carbocycles. The molecule has 1 aromatic carbocycles. The van der Waals surface area contributed by atoms with Gasteiger partial charge in [0.2, 0.25) is 5.91 Å². The van der Waals surface area contributed by atoms with Gasteiger partial charge in [-0.15, -0.1) is 0 Å². The fraction of sp³-hybridized carbons (Fsp3) is 0.381. The van der Waals surface area contributed by atoms with Crippen molar-refractivity contribution < 1.29 is 9.59 Å². The number of nitrogens with one attached hydrogen (secondary N) is 2. The average Bonchev–Trinajstić information content (AvgIpc) is 2.79. The Bertz CT molecular complexity index is 868. The number of carbonyl (C=O) groups excluding carboxylic acids is 2. The summed E-state index contributed by atoms with van der Waals surface area (Å²) in [5.41, 5.74) is 1.74. The van der Waals surface area contributed by atoms with Crippen molar-refractivity contribution in [2.75, 3.05) is 25.0 Å². The van der Waals surface area contributed by atoms with Gasteiger partial charge < -0.3 is 15.5 Å². The number of nitrogens with zero attached hydrogens (tertiary/aromatic N) is 2. The number of hydrogen-bond acceptors (Lipinski definition) is 4. The number of amides is 2. The zero-order valence-corrected chi connectivity index (χ0v) is 16.3. The lowest BCUT2D eigenvalue weighted by atomic mass is 9.95. The second-order valence-electron chi connectivity index (χ2n) is 7.37. The van der Waals surface area contributed by atoms with E-state index < -0.39 is 6.04 Å². The Labute approximate surface area is 169 Å². The Kier molecular flexibility index (Phi) is 5.59. The lowest BCUT2D eigenvalue weighted by Gasteiger charge is -2.33. The summed E-state index contributed by atoms with van der Waals surface area (Å²) >= 11 is 6.09. The molecule has 28 heavy (non-hydrogen) atoms. The number of carbonyl (C=O) groups is 2. The highest BCUT2D eigenvalue weighted by atomic mass is 35.5. The van der Waals surface area contributed by atoms with Gasteiger partial charge in [-0.3, -0.25) is 14.6 Å². The van der Waals surface area contributed by atoms with Crippen LogP contribution in [0.1, 0.15) is 28.9 Å². The predicted molar refractivity (Wildman–Crippen MR) is 108 cm³/mol. The number of fused-ring (bicyclic) bond motifs is 1. The Morgan fingerprint density at radius 3 is 2.71 bits per heavy atom. The minimum Gasteiger partial charge on any atom is -0.326 e. The maximum absolute atomic E-state index is 13.4. The van der Waals surface area contributed by atoms with E-state index in [0.717, 1.165) is 31.6 Å². The molecule has 2 aliphatic heterocycles. The molecule has 6 nitrogen and oxygen atoms in total. The van der Waals surface area contributed by atoms with Gasteiger partial charge in [-0.05, 0) is 62.2 Å². The van der Waals surface area contributed by atoms with Gasteiger partial charge in [0.05, 0.1) is 11.3 Å².